The van der Waals surface area contributed by atoms with Gasteiger partial charge in [-0.15, -0.1) is 0 Å². The number of rotatable bonds is 16. The van der Waals surface area contributed by atoms with Crippen LogP contribution in [0.3, 0.4) is 0 Å². The van der Waals surface area contributed by atoms with Gasteiger partial charge in [0, 0.05) is 6.16 Å². The van der Waals surface area contributed by atoms with E-state index in [4.69, 9.17) is 14.5 Å². The third-order valence-electron chi connectivity index (χ3n) is 7.23. The maximum Gasteiger partial charge on any atom is 0.325 e. The smallest absolute Gasteiger partial charge is 0.325 e. The molecular weight excluding hydrogens is 438 g/mol. The first kappa shape index (κ1) is 28.3. The van der Waals surface area contributed by atoms with Crippen LogP contribution in [-0.4, -0.2) is 22.6 Å². The molecule has 190 valence electrons. The van der Waals surface area contributed by atoms with Crippen LogP contribution in [0.2, 0.25) is 0 Å². The minimum absolute atomic E-state index is 0.00982. The number of ether oxygens (including phenoxy) is 1. The molecule has 1 aromatic rings. The highest BCUT2D eigenvalue weighted by atomic mass is 31.2. The van der Waals surface area contributed by atoms with Gasteiger partial charge in [-0.3, -0.25) is 4.57 Å². The fourth-order valence-electron chi connectivity index (χ4n) is 5.24. The van der Waals surface area contributed by atoms with Gasteiger partial charge in [0.2, 0.25) is 0 Å². The number of benzene rings is 1. The normalized spacial score (nSPS) is 19.1. The second-order valence-electron chi connectivity index (χ2n) is 10.0. The number of hydrogen-bond donors (Lipinski definition) is 2. The highest BCUT2D eigenvalue weighted by molar-refractivity contribution is 7.51. The molecule has 0 bridgehead atoms. The lowest BCUT2D eigenvalue weighted by Crippen LogP contribution is -2.14. The molecule has 1 aliphatic carbocycles. The first-order valence-corrected chi connectivity index (χ1v) is 15.1. The van der Waals surface area contributed by atoms with Gasteiger partial charge in [0.15, 0.2) is 11.6 Å². The van der Waals surface area contributed by atoms with E-state index in [1.807, 2.05) is 13.0 Å². The number of hydrogen-bond acceptors (Lipinski definition) is 2. The lowest BCUT2D eigenvalue weighted by atomic mass is 9.76. The summed E-state index contributed by atoms with van der Waals surface area (Å²) in [5.41, 5.74) is 1.95. The Balaban J connectivity index is 1.57. The molecular formula is C27H46FO4P. The maximum atomic E-state index is 14.9. The van der Waals surface area contributed by atoms with E-state index in [2.05, 4.69) is 13.0 Å². The second-order valence-corrected chi connectivity index (χ2v) is 11.8. The van der Waals surface area contributed by atoms with Gasteiger partial charge < -0.3 is 14.5 Å². The lowest BCUT2D eigenvalue weighted by Gasteiger charge is -2.29. The second kappa shape index (κ2) is 15.2. The number of unbranched alkanes of at least 4 members (excludes halogenated alkanes) is 8. The molecule has 1 saturated carbocycles. The molecule has 0 aromatic heterocycles. The molecule has 1 aromatic carbocycles. The summed E-state index contributed by atoms with van der Waals surface area (Å²) in [6.07, 6.45) is 16.7. The molecule has 4 nitrogen and oxygen atoms in total. The zero-order chi connectivity index (χ0) is 24.1. The summed E-state index contributed by atoms with van der Waals surface area (Å²) >= 11 is 0. The van der Waals surface area contributed by atoms with Crippen molar-refractivity contribution in [2.45, 2.75) is 116 Å². The summed E-state index contributed by atoms with van der Waals surface area (Å²) in [6, 6.07) is 3.93. The average molecular weight is 485 g/mol. The topological polar surface area (TPSA) is 66.8 Å². The zero-order valence-corrected chi connectivity index (χ0v) is 21.8. The molecule has 0 amide bonds. The molecule has 0 heterocycles. The molecule has 0 radical (unpaired) electrons. The van der Waals surface area contributed by atoms with Gasteiger partial charge in [-0.25, -0.2) is 4.39 Å². The summed E-state index contributed by atoms with van der Waals surface area (Å²) in [5.74, 6) is 1.57. The van der Waals surface area contributed by atoms with Crippen molar-refractivity contribution in [3.8, 4) is 5.75 Å². The molecule has 1 aliphatic rings. The van der Waals surface area contributed by atoms with Gasteiger partial charge in [-0.1, -0.05) is 70.8 Å². The SMILES string of the molecule is CCCC1CCC(c2ccc(OCCCCCCCCCCCP(=O)(O)O)c(F)c2C)CC1. The van der Waals surface area contributed by atoms with Gasteiger partial charge >= 0.3 is 7.60 Å². The maximum absolute atomic E-state index is 14.9. The van der Waals surface area contributed by atoms with E-state index in [0.717, 1.165) is 56.4 Å². The van der Waals surface area contributed by atoms with E-state index in [0.29, 0.717) is 24.7 Å². The Hall–Kier alpha value is -0.900. The van der Waals surface area contributed by atoms with Crippen molar-refractivity contribution in [1.82, 2.24) is 0 Å². The van der Waals surface area contributed by atoms with E-state index in [1.165, 1.54) is 50.5 Å². The molecule has 0 aliphatic heterocycles. The first-order valence-electron chi connectivity index (χ1n) is 13.3. The Labute approximate surface area is 200 Å². The van der Waals surface area contributed by atoms with Crippen molar-refractivity contribution in [3.05, 3.63) is 29.1 Å². The van der Waals surface area contributed by atoms with Crippen LogP contribution in [0.15, 0.2) is 12.1 Å². The molecule has 2 rings (SSSR count). The van der Waals surface area contributed by atoms with Crippen LogP contribution in [0.1, 0.15) is 120 Å². The third-order valence-corrected chi connectivity index (χ3v) is 8.13. The molecule has 0 saturated heterocycles. The predicted molar refractivity (Wildman–Crippen MR) is 135 cm³/mol. The fraction of sp³-hybridized carbons (Fsp3) is 0.778. The zero-order valence-electron chi connectivity index (χ0n) is 20.9. The summed E-state index contributed by atoms with van der Waals surface area (Å²) in [4.78, 5) is 17.7. The summed E-state index contributed by atoms with van der Waals surface area (Å²) in [6.45, 7) is 4.72. The van der Waals surface area contributed by atoms with Crippen LogP contribution in [0, 0.1) is 18.7 Å². The Morgan fingerprint density at radius 2 is 1.52 bits per heavy atom. The Morgan fingerprint density at radius 3 is 2.09 bits per heavy atom. The van der Waals surface area contributed by atoms with Crippen molar-refractivity contribution in [2.24, 2.45) is 5.92 Å². The van der Waals surface area contributed by atoms with Crippen molar-refractivity contribution >= 4 is 7.60 Å². The van der Waals surface area contributed by atoms with Gasteiger partial charge in [0.25, 0.3) is 0 Å². The lowest BCUT2D eigenvalue weighted by molar-refractivity contribution is 0.287. The van der Waals surface area contributed by atoms with Gasteiger partial charge in [0.1, 0.15) is 0 Å². The first-order chi connectivity index (χ1) is 15.8. The molecule has 2 N–H and O–H groups in total. The highest BCUT2D eigenvalue weighted by Gasteiger charge is 2.24. The molecule has 33 heavy (non-hydrogen) atoms. The van der Waals surface area contributed by atoms with Crippen LogP contribution < -0.4 is 4.74 Å². The average Bonchev–Trinajstić information content (AvgIpc) is 2.77. The van der Waals surface area contributed by atoms with E-state index in [9.17, 15) is 8.96 Å². The predicted octanol–water partition coefficient (Wildman–Crippen LogP) is 8.28. The van der Waals surface area contributed by atoms with E-state index < -0.39 is 7.60 Å². The summed E-state index contributed by atoms with van der Waals surface area (Å²) in [7, 11) is -3.82. The van der Waals surface area contributed by atoms with E-state index in [1.54, 1.807) is 0 Å². The van der Waals surface area contributed by atoms with Crippen LogP contribution in [0.4, 0.5) is 4.39 Å². The fourth-order valence-corrected chi connectivity index (χ4v) is 5.87. The molecule has 0 spiro atoms. The van der Waals surface area contributed by atoms with E-state index in [-0.39, 0.29) is 12.0 Å². The van der Waals surface area contributed by atoms with Gasteiger partial charge in [-0.2, -0.15) is 0 Å². The minimum Gasteiger partial charge on any atom is -0.491 e. The monoisotopic (exact) mass is 484 g/mol. The van der Waals surface area contributed by atoms with Crippen LogP contribution in [0.25, 0.3) is 0 Å². The highest BCUT2D eigenvalue weighted by Crippen LogP contribution is 2.40. The minimum atomic E-state index is -3.82. The van der Waals surface area contributed by atoms with Crippen LogP contribution in [-0.2, 0) is 4.57 Å². The van der Waals surface area contributed by atoms with E-state index >= 15 is 0 Å². The summed E-state index contributed by atoms with van der Waals surface area (Å²) in [5, 5.41) is 0. The Kier molecular flexibility index (Phi) is 13.0. The van der Waals surface area contributed by atoms with Gasteiger partial charge in [0.05, 0.1) is 6.61 Å². The molecule has 6 heteroatoms. The largest absolute Gasteiger partial charge is 0.491 e. The standard InChI is InChI=1S/C27H46FO4P/c1-3-13-23-14-16-24(17-15-23)25-18-19-26(27(28)22(25)2)32-20-11-9-7-5-4-6-8-10-12-21-33(29,30)31/h18-19,23-24H,3-17,20-21H2,1-2H3,(H2,29,30,31). The quantitative estimate of drug-likeness (QED) is 0.183. The number of halogens is 1. The van der Waals surface area contributed by atoms with Crippen LogP contribution in [0.5, 0.6) is 5.75 Å². The third kappa shape index (κ3) is 10.9. The van der Waals surface area contributed by atoms with Gasteiger partial charge in [-0.05, 0) is 74.5 Å². The van der Waals surface area contributed by atoms with Crippen molar-refractivity contribution in [3.63, 3.8) is 0 Å². The Bertz CT molecular complexity index is 725. The van der Waals surface area contributed by atoms with Crippen LogP contribution >= 0.6 is 7.60 Å². The molecule has 1 fully saturated rings. The van der Waals surface area contributed by atoms with Crippen molar-refractivity contribution in [1.29, 1.82) is 0 Å². The van der Waals surface area contributed by atoms with Crippen molar-refractivity contribution < 1.29 is 23.5 Å². The molecule has 0 unspecified atom stereocenters. The Morgan fingerprint density at radius 1 is 0.939 bits per heavy atom. The molecule has 0 atom stereocenters. The van der Waals surface area contributed by atoms with Crippen molar-refractivity contribution in [2.75, 3.05) is 12.8 Å². The summed E-state index contributed by atoms with van der Waals surface area (Å²) < 4.78 is 31.5.